The van der Waals surface area contributed by atoms with Crippen molar-refractivity contribution < 1.29 is 5.21 Å². The lowest BCUT2D eigenvalue weighted by molar-refractivity contribution is 0.322. The Kier molecular flexibility index (Phi) is 3.26. The Morgan fingerprint density at radius 2 is 2.25 bits per heavy atom. The highest BCUT2D eigenvalue weighted by atomic mass is 32.1. The highest BCUT2D eigenvalue weighted by Gasteiger charge is 1.95. The highest BCUT2D eigenvalue weighted by molar-refractivity contribution is 7.13. The normalized spacial score (nSPS) is 10.0. The maximum Gasteiger partial charge on any atom is 0.167 e. The lowest BCUT2D eigenvalue weighted by atomic mass is 10.3. The first-order chi connectivity index (χ1) is 7.88. The molecule has 2 rings (SSSR count). The van der Waals surface area contributed by atoms with E-state index in [9.17, 15) is 0 Å². The third-order valence-corrected chi connectivity index (χ3v) is 2.52. The summed E-state index contributed by atoms with van der Waals surface area (Å²) in [6, 6.07) is 5.55. The molecule has 0 radical (unpaired) electrons. The van der Waals surface area contributed by atoms with Gasteiger partial charge in [-0.05, 0) is 24.0 Å². The number of nitrogens with zero attached hydrogens (tertiary/aromatic N) is 3. The van der Waals surface area contributed by atoms with Crippen LogP contribution in [0.4, 0.5) is 0 Å². The second kappa shape index (κ2) is 5.05. The van der Waals surface area contributed by atoms with Crippen molar-refractivity contribution >= 4 is 17.6 Å². The quantitative estimate of drug-likeness (QED) is 0.351. The SMILES string of the molecule is O/N=C/c1cnc(C#Cc2ccccn2)s1. The van der Waals surface area contributed by atoms with Gasteiger partial charge in [-0.25, -0.2) is 9.97 Å². The average molecular weight is 229 g/mol. The monoisotopic (exact) mass is 229 g/mol. The van der Waals surface area contributed by atoms with E-state index in [1.807, 2.05) is 18.2 Å². The van der Waals surface area contributed by atoms with Gasteiger partial charge in [-0.2, -0.15) is 0 Å². The van der Waals surface area contributed by atoms with Crippen LogP contribution in [0.3, 0.4) is 0 Å². The van der Waals surface area contributed by atoms with Crippen LogP contribution in [0.15, 0.2) is 35.7 Å². The minimum absolute atomic E-state index is 0.667. The molecule has 4 nitrogen and oxygen atoms in total. The van der Waals surface area contributed by atoms with E-state index in [2.05, 4.69) is 27.0 Å². The summed E-state index contributed by atoms with van der Waals surface area (Å²) in [6.07, 6.45) is 4.62. The van der Waals surface area contributed by atoms with Crippen molar-refractivity contribution in [3.8, 4) is 11.8 Å². The lowest BCUT2D eigenvalue weighted by Crippen LogP contribution is -1.78. The first-order valence-electron chi connectivity index (χ1n) is 4.45. The van der Waals surface area contributed by atoms with E-state index in [0.29, 0.717) is 10.7 Å². The van der Waals surface area contributed by atoms with Crippen LogP contribution in [0.1, 0.15) is 15.6 Å². The predicted octanol–water partition coefficient (Wildman–Crippen LogP) is 1.75. The molecule has 0 bridgehead atoms. The molecule has 2 heterocycles. The predicted molar refractivity (Wildman–Crippen MR) is 61.7 cm³/mol. The van der Waals surface area contributed by atoms with Gasteiger partial charge in [-0.1, -0.05) is 11.2 Å². The van der Waals surface area contributed by atoms with Crippen LogP contribution in [0.25, 0.3) is 0 Å². The standard InChI is InChI=1S/C11H7N3OS/c15-14-8-10-7-13-11(16-10)5-4-9-3-1-2-6-12-9/h1-3,6-8,15H/b14-8+. The van der Waals surface area contributed by atoms with Gasteiger partial charge in [-0.15, -0.1) is 11.3 Å². The molecule has 0 atom stereocenters. The van der Waals surface area contributed by atoms with Crippen molar-refractivity contribution in [1.29, 1.82) is 0 Å². The summed E-state index contributed by atoms with van der Waals surface area (Å²) in [5.41, 5.74) is 0.704. The fourth-order valence-electron chi connectivity index (χ4n) is 1.02. The van der Waals surface area contributed by atoms with Gasteiger partial charge in [0, 0.05) is 12.4 Å². The summed E-state index contributed by atoms with van der Waals surface area (Å²) in [7, 11) is 0. The maximum absolute atomic E-state index is 8.34. The Morgan fingerprint density at radius 3 is 3.00 bits per heavy atom. The minimum Gasteiger partial charge on any atom is -0.411 e. The molecule has 0 saturated carbocycles. The molecular formula is C11H7N3OS. The third-order valence-electron chi connectivity index (χ3n) is 1.67. The molecule has 0 saturated heterocycles. The first-order valence-corrected chi connectivity index (χ1v) is 5.26. The molecule has 0 unspecified atom stereocenters. The van der Waals surface area contributed by atoms with E-state index in [0.717, 1.165) is 4.88 Å². The molecule has 78 valence electrons. The zero-order valence-corrected chi connectivity index (χ0v) is 8.98. The van der Waals surface area contributed by atoms with Crippen LogP contribution in [0.2, 0.25) is 0 Å². The van der Waals surface area contributed by atoms with Crippen molar-refractivity contribution in [3.05, 3.63) is 46.2 Å². The van der Waals surface area contributed by atoms with E-state index in [1.54, 1.807) is 12.4 Å². The molecule has 2 aromatic heterocycles. The summed E-state index contributed by atoms with van der Waals surface area (Å²) in [5, 5.41) is 11.9. The van der Waals surface area contributed by atoms with Crippen LogP contribution in [0, 0.1) is 11.8 Å². The van der Waals surface area contributed by atoms with E-state index in [-0.39, 0.29) is 0 Å². The molecule has 0 fully saturated rings. The number of aromatic nitrogens is 2. The van der Waals surface area contributed by atoms with Crippen LogP contribution >= 0.6 is 11.3 Å². The summed E-state index contributed by atoms with van der Waals surface area (Å²) >= 11 is 1.35. The van der Waals surface area contributed by atoms with Crippen LogP contribution < -0.4 is 0 Å². The maximum atomic E-state index is 8.34. The fourth-order valence-corrected chi connectivity index (χ4v) is 1.65. The van der Waals surface area contributed by atoms with Gasteiger partial charge in [0.25, 0.3) is 0 Å². The van der Waals surface area contributed by atoms with Gasteiger partial charge in [0.15, 0.2) is 5.01 Å². The van der Waals surface area contributed by atoms with Crippen LogP contribution in [-0.2, 0) is 0 Å². The number of rotatable bonds is 1. The number of hydrogen-bond donors (Lipinski definition) is 1. The van der Waals surface area contributed by atoms with Crippen LogP contribution in [0.5, 0.6) is 0 Å². The summed E-state index contributed by atoms with van der Waals surface area (Å²) in [6.45, 7) is 0. The van der Waals surface area contributed by atoms with Crippen molar-refractivity contribution in [2.24, 2.45) is 5.16 Å². The third kappa shape index (κ3) is 2.65. The van der Waals surface area contributed by atoms with Gasteiger partial charge >= 0.3 is 0 Å². The largest absolute Gasteiger partial charge is 0.411 e. The summed E-state index contributed by atoms with van der Waals surface area (Å²) in [4.78, 5) is 8.90. The van der Waals surface area contributed by atoms with E-state index in [1.165, 1.54) is 17.6 Å². The summed E-state index contributed by atoms with van der Waals surface area (Å²) in [5.74, 6) is 5.79. The topological polar surface area (TPSA) is 58.4 Å². The summed E-state index contributed by atoms with van der Waals surface area (Å²) < 4.78 is 0. The molecule has 16 heavy (non-hydrogen) atoms. The molecule has 0 spiro atoms. The van der Waals surface area contributed by atoms with Crippen molar-refractivity contribution in [2.45, 2.75) is 0 Å². The van der Waals surface area contributed by atoms with E-state index in [4.69, 9.17) is 5.21 Å². The molecule has 1 N–H and O–H groups in total. The van der Waals surface area contributed by atoms with Gasteiger partial charge < -0.3 is 5.21 Å². The van der Waals surface area contributed by atoms with Gasteiger partial charge in [-0.3, -0.25) is 0 Å². The molecule has 0 aliphatic carbocycles. The van der Waals surface area contributed by atoms with E-state index >= 15 is 0 Å². The minimum atomic E-state index is 0.667. The number of oxime groups is 1. The second-order valence-electron chi connectivity index (χ2n) is 2.78. The molecule has 0 amide bonds. The Labute approximate surface area is 96.3 Å². The van der Waals surface area contributed by atoms with Gasteiger partial charge in [0.1, 0.15) is 5.69 Å². The highest BCUT2D eigenvalue weighted by Crippen LogP contribution is 2.09. The van der Waals surface area contributed by atoms with Crippen molar-refractivity contribution in [2.75, 3.05) is 0 Å². The zero-order valence-electron chi connectivity index (χ0n) is 8.16. The molecule has 2 aromatic rings. The molecule has 0 aromatic carbocycles. The number of hydrogen-bond acceptors (Lipinski definition) is 5. The molecule has 5 heteroatoms. The van der Waals surface area contributed by atoms with Crippen molar-refractivity contribution in [1.82, 2.24) is 9.97 Å². The molecular weight excluding hydrogens is 222 g/mol. The van der Waals surface area contributed by atoms with E-state index < -0.39 is 0 Å². The number of pyridine rings is 1. The number of thiazole rings is 1. The van der Waals surface area contributed by atoms with Gasteiger partial charge in [0.2, 0.25) is 0 Å². The first kappa shape index (κ1) is 10.3. The van der Waals surface area contributed by atoms with Crippen molar-refractivity contribution in [3.63, 3.8) is 0 Å². The lowest BCUT2D eigenvalue weighted by Gasteiger charge is -1.84. The van der Waals surface area contributed by atoms with Gasteiger partial charge in [0.05, 0.1) is 11.1 Å². The Bertz CT molecular complexity index is 551. The fraction of sp³-hybridized carbons (Fsp3) is 0. The molecule has 0 aliphatic heterocycles. The average Bonchev–Trinajstić information content (AvgIpc) is 2.76. The molecule has 0 aliphatic rings. The van der Waals surface area contributed by atoms with Crippen LogP contribution in [-0.4, -0.2) is 21.4 Å². The zero-order chi connectivity index (χ0) is 11.2. The smallest absolute Gasteiger partial charge is 0.167 e. The Balaban J connectivity index is 2.18. The Morgan fingerprint density at radius 1 is 1.31 bits per heavy atom. The Hall–Kier alpha value is -2.19. The second-order valence-corrected chi connectivity index (χ2v) is 3.84.